The number of nitriles is 1. The van der Waals surface area contributed by atoms with E-state index in [9.17, 15) is 10.1 Å². The predicted molar refractivity (Wildman–Crippen MR) is 146 cm³/mol. The van der Waals surface area contributed by atoms with Crippen molar-refractivity contribution in [3.63, 3.8) is 0 Å². The monoisotopic (exact) mass is 496 g/mol. The SMILES string of the molecule is N#Cc1ccccc1COc1ccc(C=Nn2c(-c3cc4ccccc4o3)nc3ccccc3c2=O)cc1. The van der Waals surface area contributed by atoms with E-state index in [4.69, 9.17) is 14.1 Å². The first kappa shape index (κ1) is 23.0. The summed E-state index contributed by atoms with van der Waals surface area (Å²) in [6.07, 6.45) is 1.60. The number of nitrogens with zero attached hydrogens (tertiary/aromatic N) is 4. The molecule has 2 heterocycles. The van der Waals surface area contributed by atoms with Crippen LogP contribution in [0.15, 0.2) is 117 Å². The Morgan fingerprint density at radius 2 is 1.71 bits per heavy atom. The molecule has 0 saturated carbocycles. The van der Waals surface area contributed by atoms with E-state index in [-0.39, 0.29) is 12.2 Å². The summed E-state index contributed by atoms with van der Waals surface area (Å²) in [6.45, 7) is 0.288. The smallest absolute Gasteiger partial charge is 0.282 e. The first-order valence-corrected chi connectivity index (χ1v) is 12.0. The second-order valence-electron chi connectivity index (χ2n) is 8.59. The molecule has 0 saturated heterocycles. The number of rotatable bonds is 6. The first-order chi connectivity index (χ1) is 18.7. The van der Waals surface area contributed by atoms with Gasteiger partial charge in [-0.15, -0.1) is 0 Å². The van der Waals surface area contributed by atoms with Gasteiger partial charge in [0.2, 0.25) is 5.82 Å². The summed E-state index contributed by atoms with van der Waals surface area (Å²) < 4.78 is 13.1. The summed E-state index contributed by atoms with van der Waals surface area (Å²) in [7, 11) is 0. The van der Waals surface area contributed by atoms with Crippen LogP contribution in [0, 0.1) is 11.3 Å². The van der Waals surface area contributed by atoms with Crippen molar-refractivity contribution in [1.29, 1.82) is 5.26 Å². The largest absolute Gasteiger partial charge is 0.489 e. The van der Waals surface area contributed by atoms with E-state index >= 15 is 0 Å². The lowest BCUT2D eigenvalue weighted by atomic mass is 10.1. The molecule has 0 atom stereocenters. The van der Waals surface area contributed by atoms with Crippen LogP contribution >= 0.6 is 0 Å². The van der Waals surface area contributed by atoms with Gasteiger partial charge in [-0.2, -0.15) is 15.0 Å². The maximum absolute atomic E-state index is 13.4. The zero-order chi connectivity index (χ0) is 25.9. The minimum Gasteiger partial charge on any atom is -0.489 e. The van der Waals surface area contributed by atoms with Gasteiger partial charge in [0.25, 0.3) is 5.56 Å². The van der Waals surface area contributed by atoms with E-state index in [2.05, 4.69) is 11.2 Å². The Balaban J connectivity index is 1.32. The Morgan fingerprint density at radius 1 is 0.947 bits per heavy atom. The molecule has 0 unspecified atom stereocenters. The van der Waals surface area contributed by atoms with E-state index in [1.807, 2.05) is 78.9 Å². The molecule has 0 spiro atoms. The topological polar surface area (TPSA) is 93.4 Å². The van der Waals surface area contributed by atoms with Crippen LogP contribution in [0.3, 0.4) is 0 Å². The highest BCUT2D eigenvalue weighted by atomic mass is 16.5. The van der Waals surface area contributed by atoms with Crippen LogP contribution in [0.2, 0.25) is 0 Å². The molecule has 0 amide bonds. The first-order valence-electron chi connectivity index (χ1n) is 12.0. The Bertz CT molecular complexity index is 1880. The fraction of sp³-hybridized carbons (Fsp3) is 0.0323. The molecule has 0 aliphatic carbocycles. The number of aromatic nitrogens is 2. The lowest BCUT2D eigenvalue weighted by molar-refractivity contribution is 0.306. The molecule has 2 aromatic heterocycles. The normalized spacial score (nSPS) is 11.2. The van der Waals surface area contributed by atoms with E-state index in [0.717, 1.165) is 16.5 Å². The second kappa shape index (κ2) is 9.88. The average Bonchev–Trinajstić information content (AvgIpc) is 3.40. The van der Waals surface area contributed by atoms with Gasteiger partial charge in [-0.25, -0.2) is 4.98 Å². The third kappa shape index (κ3) is 4.43. The van der Waals surface area contributed by atoms with Crippen LogP contribution in [0.25, 0.3) is 33.5 Å². The molecule has 7 heteroatoms. The third-order valence-corrected chi connectivity index (χ3v) is 6.13. The molecule has 0 aliphatic rings. The number of hydrogen-bond acceptors (Lipinski definition) is 6. The standard InChI is InChI=1S/C31H20N4O3/c32-18-23-8-1-2-9-24(23)20-37-25-15-13-21(14-16-25)19-33-35-30(29-17-22-7-3-6-12-28(22)38-29)34-27-11-5-4-10-26(27)31(35)36/h1-17,19H,20H2. The van der Waals surface area contributed by atoms with Crippen LogP contribution in [-0.4, -0.2) is 15.9 Å². The Morgan fingerprint density at radius 3 is 2.55 bits per heavy atom. The zero-order valence-corrected chi connectivity index (χ0v) is 20.1. The van der Waals surface area contributed by atoms with Gasteiger partial charge in [0.1, 0.15) is 17.9 Å². The summed E-state index contributed by atoms with van der Waals surface area (Å²) in [5, 5.41) is 15.1. The van der Waals surface area contributed by atoms with Gasteiger partial charge < -0.3 is 9.15 Å². The summed E-state index contributed by atoms with van der Waals surface area (Å²) in [5.41, 5.74) is 3.16. The molecule has 182 valence electrons. The molecule has 0 N–H and O–H groups in total. The molecule has 0 radical (unpaired) electrons. The highest BCUT2D eigenvalue weighted by Gasteiger charge is 2.16. The second-order valence-corrected chi connectivity index (χ2v) is 8.59. The predicted octanol–water partition coefficient (Wildman–Crippen LogP) is 6.14. The zero-order valence-electron chi connectivity index (χ0n) is 20.1. The molecule has 7 nitrogen and oxygen atoms in total. The van der Waals surface area contributed by atoms with Crippen molar-refractivity contribution < 1.29 is 9.15 Å². The summed E-state index contributed by atoms with van der Waals surface area (Å²) in [4.78, 5) is 18.1. The molecule has 4 aromatic carbocycles. The lowest BCUT2D eigenvalue weighted by Crippen LogP contribution is -2.20. The van der Waals surface area contributed by atoms with Gasteiger partial charge >= 0.3 is 0 Å². The van der Waals surface area contributed by atoms with Crippen molar-refractivity contribution in [3.8, 4) is 23.4 Å². The Kier molecular flexibility index (Phi) is 5.97. The van der Waals surface area contributed by atoms with Crippen LogP contribution in [0.1, 0.15) is 16.7 Å². The number of furan rings is 1. The van der Waals surface area contributed by atoms with Crippen LogP contribution in [0.4, 0.5) is 0 Å². The lowest BCUT2D eigenvalue weighted by Gasteiger charge is -2.08. The summed E-state index contributed by atoms with van der Waals surface area (Å²) in [5.74, 6) is 1.42. The van der Waals surface area contributed by atoms with Crippen LogP contribution in [0.5, 0.6) is 5.75 Å². The number of benzene rings is 4. The minimum absolute atomic E-state index is 0.288. The average molecular weight is 497 g/mol. The van der Waals surface area contributed by atoms with Gasteiger partial charge in [-0.3, -0.25) is 4.79 Å². The Hall–Kier alpha value is -5.48. The molecular formula is C31H20N4O3. The van der Waals surface area contributed by atoms with Crippen molar-refractivity contribution >= 4 is 28.1 Å². The maximum atomic E-state index is 13.4. The molecule has 0 fully saturated rings. The van der Waals surface area contributed by atoms with Crippen molar-refractivity contribution in [2.75, 3.05) is 0 Å². The molecule has 6 rings (SSSR count). The fourth-order valence-corrected chi connectivity index (χ4v) is 4.17. The van der Waals surface area contributed by atoms with E-state index in [1.165, 1.54) is 4.68 Å². The summed E-state index contributed by atoms with van der Waals surface area (Å²) >= 11 is 0. The van der Waals surface area contributed by atoms with Crippen molar-refractivity contribution in [2.45, 2.75) is 6.61 Å². The molecule has 38 heavy (non-hydrogen) atoms. The van der Waals surface area contributed by atoms with Gasteiger partial charge in [0.05, 0.1) is 28.8 Å². The minimum atomic E-state index is -0.293. The Labute approximate surface area is 217 Å². The summed E-state index contributed by atoms with van der Waals surface area (Å²) in [6, 6.07) is 33.5. The number of para-hydroxylation sites is 2. The van der Waals surface area contributed by atoms with Gasteiger partial charge in [-0.1, -0.05) is 48.5 Å². The molecule has 0 bridgehead atoms. The van der Waals surface area contributed by atoms with E-state index < -0.39 is 0 Å². The van der Waals surface area contributed by atoms with Crippen molar-refractivity contribution in [1.82, 2.24) is 9.66 Å². The molecule has 6 aromatic rings. The molecule has 0 aliphatic heterocycles. The highest BCUT2D eigenvalue weighted by molar-refractivity contribution is 5.84. The van der Waals surface area contributed by atoms with Crippen LogP contribution < -0.4 is 10.3 Å². The van der Waals surface area contributed by atoms with Crippen molar-refractivity contribution in [3.05, 3.63) is 130 Å². The van der Waals surface area contributed by atoms with Gasteiger partial charge in [0, 0.05) is 10.9 Å². The van der Waals surface area contributed by atoms with Gasteiger partial charge in [0.15, 0.2) is 5.76 Å². The molecular weight excluding hydrogens is 476 g/mol. The van der Waals surface area contributed by atoms with E-state index in [1.54, 1.807) is 30.5 Å². The number of hydrogen-bond donors (Lipinski definition) is 0. The van der Waals surface area contributed by atoms with Gasteiger partial charge in [-0.05, 0) is 60.2 Å². The fourth-order valence-electron chi connectivity index (χ4n) is 4.17. The van der Waals surface area contributed by atoms with Crippen LogP contribution in [-0.2, 0) is 6.61 Å². The van der Waals surface area contributed by atoms with E-state index in [0.29, 0.717) is 39.4 Å². The number of fused-ring (bicyclic) bond motifs is 2. The third-order valence-electron chi connectivity index (χ3n) is 6.13. The van der Waals surface area contributed by atoms with Crippen molar-refractivity contribution in [2.24, 2.45) is 5.10 Å². The number of ether oxygens (including phenoxy) is 1. The quantitative estimate of drug-likeness (QED) is 0.258. The highest BCUT2D eigenvalue weighted by Crippen LogP contribution is 2.27. The maximum Gasteiger partial charge on any atom is 0.282 e.